The van der Waals surface area contributed by atoms with E-state index in [1.165, 1.54) is 0 Å². The molecule has 3 aromatic rings. The highest BCUT2D eigenvalue weighted by molar-refractivity contribution is 5.95. The third kappa shape index (κ3) is 2.88. The van der Waals surface area contributed by atoms with Crippen LogP contribution in [0, 0.1) is 6.92 Å². The summed E-state index contributed by atoms with van der Waals surface area (Å²) in [6.07, 6.45) is 3.42. The molecule has 7 nitrogen and oxygen atoms in total. The number of hydrogen-bond donors (Lipinski definition) is 3. The number of amides is 1. The second-order valence-electron chi connectivity index (χ2n) is 4.99. The Balaban J connectivity index is 1.76. The Bertz CT molecular complexity index is 777. The normalized spacial score (nSPS) is 12.1. The van der Waals surface area contributed by atoms with E-state index in [0.717, 1.165) is 17.2 Å². The van der Waals surface area contributed by atoms with E-state index in [4.69, 9.17) is 0 Å². The second-order valence-corrected chi connectivity index (χ2v) is 4.99. The maximum Gasteiger partial charge on any atom is 0.251 e. The third-order valence-corrected chi connectivity index (χ3v) is 3.25. The van der Waals surface area contributed by atoms with Crippen LogP contribution in [0.3, 0.4) is 0 Å². The van der Waals surface area contributed by atoms with Gasteiger partial charge in [0.2, 0.25) is 0 Å². The first kappa shape index (κ1) is 14.0. The molecule has 3 rings (SSSR count). The van der Waals surface area contributed by atoms with E-state index in [1.807, 2.05) is 26.0 Å². The Morgan fingerprint density at radius 1 is 1.36 bits per heavy atom. The van der Waals surface area contributed by atoms with E-state index in [0.29, 0.717) is 11.4 Å². The number of aromatic nitrogens is 5. The van der Waals surface area contributed by atoms with E-state index < -0.39 is 0 Å². The topological polar surface area (TPSA) is 99.3 Å². The maximum atomic E-state index is 12.3. The number of nitrogens with zero attached hydrogens (tertiary/aromatic N) is 3. The number of aryl methyl sites for hydroxylation is 1. The van der Waals surface area contributed by atoms with Gasteiger partial charge in [-0.15, -0.1) is 0 Å². The lowest BCUT2D eigenvalue weighted by Gasteiger charge is -2.11. The van der Waals surface area contributed by atoms with Gasteiger partial charge in [0.05, 0.1) is 6.04 Å². The van der Waals surface area contributed by atoms with Gasteiger partial charge < -0.3 is 10.3 Å². The number of carbonyl (C=O) groups excluding carboxylic acids is 1. The molecule has 1 aromatic carbocycles. The lowest BCUT2D eigenvalue weighted by molar-refractivity contribution is 0.0938. The zero-order valence-corrected chi connectivity index (χ0v) is 12.3. The summed E-state index contributed by atoms with van der Waals surface area (Å²) in [7, 11) is 0. The molecule has 1 amide bonds. The number of aromatic amines is 2. The fourth-order valence-corrected chi connectivity index (χ4v) is 2.13. The molecule has 22 heavy (non-hydrogen) atoms. The monoisotopic (exact) mass is 296 g/mol. The lowest BCUT2D eigenvalue weighted by Crippen LogP contribution is -2.27. The summed E-state index contributed by atoms with van der Waals surface area (Å²) >= 11 is 0. The zero-order valence-electron chi connectivity index (χ0n) is 12.3. The molecule has 0 spiro atoms. The van der Waals surface area contributed by atoms with Gasteiger partial charge in [0.1, 0.15) is 11.6 Å². The lowest BCUT2D eigenvalue weighted by atomic mass is 10.1. The minimum atomic E-state index is -0.273. The Morgan fingerprint density at radius 3 is 2.91 bits per heavy atom. The molecule has 0 saturated carbocycles. The van der Waals surface area contributed by atoms with Gasteiger partial charge in [0.25, 0.3) is 5.91 Å². The van der Waals surface area contributed by atoms with Crippen molar-refractivity contribution < 1.29 is 4.79 Å². The van der Waals surface area contributed by atoms with Crippen molar-refractivity contribution in [2.24, 2.45) is 0 Å². The average Bonchev–Trinajstić information content (AvgIpc) is 3.18. The molecule has 0 bridgehead atoms. The molecule has 3 N–H and O–H groups in total. The standard InChI is InChI=1S/C15H16N6O/c1-9(13-19-10(2)20-21-13)18-15(22)12-5-3-4-11(8-12)14-16-6-7-17-14/h3-9H,1-2H3,(H,16,17)(H,18,22)(H,19,20,21)/t9-/m1/s1. The number of hydrogen-bond acceptors (Lipinski definition) is 4. The summed E-state index contributed by atoms with van der Waals surface area (Å²) in [5.74, 6) is 1.83. The van der Waals surface area contributed by atoms with E-state index in [9.17, 15) is 4.79 Å². The summed E-state index contributed by atoms with van der Waals surface area (Å²) in [5, 5.41) is 9.70. The molecule has 2 heterocycles. The number of benzene rings is 1. The molecular formula is C15H16N6O. The Kier molecular flexibility index (Phi) is 3.69. The summed E-state index contributed by atoms with van der Waals surface area (Å²) < 4.78 is 0. The molecule has 0 aliphatic carbocycles. The summed E-state index contributed by atoms with van der Waals surface area (Å²) in [4.78, 5) is 23.8. The first-order valence-electron chi connectivity index (χ1n) is 6.93. The van der Waals surface area contributed by atoms with Crippen LogP contribution in [0.2, 0.25) is 0 Å². The maximum absolute atomic E-state index is 12.3. The van der Waals surface area contributed by atoms with Gasteiger partial charge in [-0.1, -0.05) is 12.1 Å². The van der Waals surface area contributed by atoms with Crippen molar-refractivity contribution in [2.75, 3.05) is 0 Å². The molecular weight excluding hydrogens is 280 g/mol. The molecule has 0 unspecified atom stereocenters. The number of H-pyrrole nitrogens is 2. The fraction of sp³-hybridized carbons (Fsp3) is 0.200. The molecule has 0 radical (unpaired) electrons. The van der Waals surface area contributed by atoms with Gasteiger partial charge in [-0.25, -0.2) is 9.97 Å². The Morgan fingerprint density at radius 2 is 2.23 bits per heavy atom. The van der Waals surface area contributed by atoms with Crippen molar-refractivity contribution in [1.29, 1.82) is 0 Å². The molecule has 0 aliphatic rings. The van der Waals surface area contributed by atoms with Crippen LogP contribution >= 0.6 is 0 Å². The van der Waals surface area contributed by atoms with Gasteiger partial charge in [-0.2, -0.15) is 5.10 Å². The number of rotatable bonds is 4. The van der Waals surface area contributed by atoms with E-state index in [1.54, 1.807) is 24.5 Å². The van der Waals surface area contributed by atoms with Gasteiger partial charge in [-0.05, 0) is 26.0 Å². The molecule has 2 aromatic heterocycles. The van der Waals surface area contributed by atoms with Crippen molar-refractivity contribution in [3.63, 3.8) is 0 Å². The summed E-state index contributed by atoms with van der Waals surface area (Å²) in [6, 6.07) is 7.01. The molecule has 0 aliphatic heterocycles. The largest absolute Gasteiger partial charge is 0.345 e. The van der Waals surface area contributed by atoms with Crippen molar-refractivity contribution in [3.8, 4) is 11.4 Å². The summed E-state index contributed by atoms with van der Waals surface area (Å²) in [6.45, 7) is 3.66. The van der Waals surface area contributed by atoms with E-state index in [-0.39, 0.29) is 11.9 Å². The fourth-order valence-electron chi connectivity index (χ4n) is 2.13. The Labute approximate surface area is 127 Å². The SMILES string of the molecule is Cc1nc([C@@H](C)NC(=O)c2cccc(-c3ncc[nH]3)c2)n[nH]1. The second kappa shape index (κ2) is 5.80. The molecule has 0 fully saturated rings. The number of imidazole rings is 1. The van der Waals surface area contributed by atoms with Gasteiger partial charge in [0.15, 0.2) is 5.82 Å². The molecule has 0 saturated heterocycles. The predicted molar refractivity (Wildman–Crippen MR) is 81.0 cm³/mol. The van der Waals surface area contributed by atoms with Crippen LogP contribution in [0.4, 0.5) is 0 Å². The highest BCUT2D eigenvalue weighted by Crippen LogP contribution is 2.16. The number of carbonyl (C=O) groups is 1. The van der Waals surface area contributed by atoms with E-state index >= 15 is 0 Å². The van der Waals surface area contributed by atoms with Gasteiger partial charge in [0, 0.05) is 23.5 Å². The minimum absolute atomic E-state index is 0.177. The van der Waals surface area contributed by atoms with Crippen LogP contribution in [0.25, 0.3) is 11.4 Å². The van der Waals surface area contributed by atoms with Crippen LogP contribution in [0.5, 0.6) is 0 Å². The van der Waals surface area contributed by atoms with Crippen molar-refractivity contribution in [1.82, 2.24) is 30.5 Å². The summed E-state index contributed by atoms with van der Waals surface area (Å²) in [5.41, 5.74) is 1.42. The molecule has 1 atom stereocenters. The van der Waals surface area contributed by atoms with Crippen molar-refractivity contribution in [3.05, 3.63) is 53.9 Å². The molecule has 112 valence electrons. The quantitative estimate of drug-likeness (QED) is 0.685. The smallest absolute Gasteiger partial charge is 0.251 e. The van der Waals surface area contributed by atoms with E-state index in [2.05, 4.69) is 30.5 Å². The number of nitrogens with one attached hydrogen (secondary N) is 3. The van der Waals surface area contributed by atoms with Gasteiger partial charge in [-0.3, -0.25) is 9.89 Å². The third-order valence-electron chi connectivity index (χ3n) is 3.25. The first-order valence-corrected chi connectivity index (χ1v) is 6.93. The highest BCUT2D eigenvalue weighted by atomic mass is 16.1. The zero-order chi connectivity index (χ0) is 15.5. The highest BCUT2D eigenvalue weighted by Gasteiger charge is 2.15. The average molecular weight is 296 g/mol. The van der Waals surface area contributed by atoms with Gasteiger partial charge >= 0.3 is 0 Å². The van der Waals surface area contributed by atoms with Crippen LogP contribution in [-0.2, 0) is 0 Å². The van der Waals surface area contributed by atoms with Crippen LogP contribution in [-0.4, -0.2) is 31.1 Å². The van der Waals surface area contributed by atoms with Crippen molar-refractivity contribution >= 4 is 5.91 Å². The molecule has 7 heteroatoms. The first-order chi connectivity index (χ1) is 10.6. The van der Waals surface area contributed by atoms with Crippen LogP contribution < -0.4 is 5.32 Å². The predicted octanol–water partition coefficient (Wildman–Crippen LogP) is 1.99. The van der Waals surface area contributed by atoms with Crippen LogP contribution in [0.1, 0.15) is 35.0 Å². The van der Waals surface area contributed by atoms with Crippen molar-refractivity contribution in [2.45, 2.75) is 19.9 Å². The Hall–Kier alpha value is -2.96. The minimum Gasteiger partial charge on any atom is -0.345 e. The van der Waals surface area contributed by atoms with Crippen LogP contribution in [0.15, 0.2) is 36.7 Å².